The Morgan fingerprint density at radius 1 is 1.00 bits per heavy atom. The molecule has 1 N–H and O–H groups in total. The second-order valence-corrected chi connectivity index (χ2v) is 6.72. The molecular weight excluding hydrogens is 318 g/mol. The quantitative estimate of drug-likeness (QED) is 0.736. The Bertz CT molecular complexity index is 1040. The topological polar surface area (TPSA) is 102 Å². The van der Waals surface area contributed by atoms with Gasteiger partial charge in [0.1, 0.15) is 5.58 Å². The van der Waals surface area contributed by atoms with Gasteiger partial charge in [-0.05, 0) is 44.2 Å². The van der Waals surface area contributed by atoms with Gasteiger partial charge >= 0.3 is 5.63 Å². The fraction of sp³-hybridized carbons (Fsp3) is 0.133. The molecule has 0 bridgehead atoms. The maximum Gasteiger partial charge on any atom is 0.336 e. The molecule has 23 heavy (non-hydrogen) atoms. The lowest BCUT2D eigenvalue weighted by atomic mass is 10.2. The van der Waals surface area contributed by atoms with E-state index in [9.17, 15) is 13.2 Å². The van der Waals surface area contributed by atoms with Crippen LogP contribution in [0.1, 0.15) is 11.4 Å². The summed E-state index contributed by atoms with van der Waals surface area (Å²) in [6.45, 7) is 3.51. The molecule has 0 unspecified atom stereocenters. The molecule has 0 saturated carbocycles. The first-order chi connectivity index (χ1) is 10.8. The van der Waals surface area contributed by atoms with Crippen molar-refractivity contribution < 1.29 is 12.8 Å². The fourth-order valence-corrected chi connectivity index (χ4v) is 3.15. The highest BCUT2D eigenvalue weighted by Gasteiger charge is 2.17. The Balaban J connectivity index is 2.02. The average molecular weight is 331 g/mol. The molecule has 0 saturated heterocycles. The van der Waals surface area contributed by atoms with E-state index in [2.05, 4.69) is 14.7 Å². The van der Waals surface area contributed by atoms with Crippen molar-refractivity contribution in [3.8, 4) is 0 Å². The number of hydrogen-bond acceptors (Lipinski definition) is 6. The van der Waals surface area contributed by atoms with Crippen LogP contribution in [0.5, 0.6) is 0 Å². The third kappa shape index (κ3) is 3.21. The number of rotatable bonds is 3. The van der Waals surface area contributed by atoms with Gasteiger partial charge in [-0.3, -0.25) is 0 Å². The zero-order valence-electron chi connectivity index (χ0n) is 12.4. The minimum absolute atomic E-state index is 0.0159. The van der Waals surface area contributed by atoms with Crippen LogP contribution in [-0.4, -0.2) is 18.4 Å². The molecule has 2 heterocycles. The van der Waals surface area contributed by atoms with E-state index < -0.39 is 15.6 Å². The van der Waals surface area contributed by atoms with Crippen molar-refractivity contribution in [1.82, 2.24) is 9.97 Å². The summed E-state index contributed by atoms with van der Waals surface area (Å²) in [6, 6.07) is 8.70. The lowest BCUT2D eigenvalue weighted by Gasteiger charge is -2.08. The highest BCUT2D eigenvalue weighted by atomic mass is 32.2. The van der Waals surface area contributed by atoms with E-state index in [0.717, 1.165) is 0 Å². The van der Waals surface area contributed by atoms with Gasteiger partial charge in [0.25, 0.3) is 10.0 Å². The van der Waals surface area contributed by atoms with Crippen LogP contribution in [0.4, 0.5) is 5.95 Å². The molecule has 0 aliphatic carbocycles. The minimum atomic E-state index is -3.84. The number of aromatic nitrogens is 2. The van der Waals surface area contributed by atoms with Crippen molar-refractivity contribution in [3.05, 3.63) is 58.2 Å². The molecule has 118 valence electrons. The zero-order valence-corrected chi connectivity index (χ0v) is 13.2. The van der Waals surface area contributed by atoms with Crippen molar-refractivity contribution in [3.63, 3.8) is 0 Å². The van der Waals surface area contributed by atoms with Crippen LogP contribution in [0.15, 0.2) is 50.5 Å². The Hall–Kier alpha value is -2.74. The van der Waals surface area contributed by atoms with Crippen molar-refractivity contribution in [2.45, 2.75) is 18.7 Å². The highest BCUT2D eigenvalue weighted by Crippen LogP contribution is 2.19. The van der Waals surface area contributed by atoms with E-state index in [4.69, 9.17) is 4.42 Å². The number of anilines is 1. The van der Waals surface area contributed by atoms with Crippen LogP contribution < -0.4 is 10.3 Å². The van der Waals surface area contributed by atoms with Crippen molar-refractivity contribution in [2.75, 3.05) is 4.72 Å². The summed E-state index contributed by atoms with van der Waals surface area (Å²) in [7, 11) is -3.84. The van der Waals surface area contributed by atoms with Gasteiger partial charge in [0.2, 0.25) is 5.95 Å². The Morgan fingerprint density at radius 2 is 1.70 bits per heavy atom. The Kier molecular flexibility index (Phi) is 3.61. The third-order valence-corrected chi connectivity index (χ3v) is 4.43. The average Bonchev–Trinajstić information content (AvgIpc) is 2.44. The van der Waals surface area contributed by atoms with E-state index in [0.29, 0.717) is 22.4 Å². The van der Waals surface area contributed by atoms with Crippen LogP contribution in [0, 0.1) is 13.8 Å². The molecule has 0 radical (unpaired) electrons. The van der Waals surface area contributed by atoms with E-state index in [1.54, 1.807) is 19.9 Å². The van der Waals surface area contributed by atoms with Gasteiger partial charge in [-0.25, -0.2) is 27.9 Å². The Morgan fingerprint density at radius 3 is 2.39 bits per heavy atom. The van der Waals surface area contributed by atoms with Crippen LogP contribution in [-0.2, 0) is 10.0 Å². The largest absolute Gasteiger partial charge is 0.423 e. The lowest BCUT2D eigenvalue weighted by molar-refractivity contribution is 0.560. The van der Waals surface area contributed by atoms with E-state index in [1.165, 1.54) is 30.3 Å². The summed E-state index contributed by atoms with van der Waals surface area (Å²) in [6.07, 6.45) is 0. The summed E-state index contributed by atoms with van der Waals surface area (Å²) < 4.78 is 32.2. The molecule has 3 aromatic rings. The Labute approximate surface area is 132 Å². The molecule has 0 atom stereocenters. The number of sulfonamides is 1. The van der Waals surface area contributed by atoms with Crippen molar-refractivity contribution in [1.29, 1.82) is 0 Å². The van der Waals surface area contributed by atoms with Gasteiger partial charge in [0.05, 0.1) is 4.90 Å². The molecule has 7 nitrogen and oxygen atoms in total. The maximum absolute atomic E-state index is 12.5. The van der Waals surface area contributed by atoms with E-state index in [1.807, 2.05) is 0 Å². The zero-order chi connectivity index (χ0) is 16.6. The van der Waals surface area contributed by atoms with Gasteiger partial charge in [-0.2, -0.15) is 0 Å². The normalized spacial score (nSPS) is 11.6. The van der Waals surface area contributed by atoms with Crippen LogP contribution in [0.2, 0.25) is 0 Å². The maximum atomic E-state index is 12.5. The van der Waals surface area contributed by atoms with Gasteiger partial charge in [0.15, 0.2) is 0 Å². The monoisotopic (exact) mass is 331 g/mol. The molecule has 0 spiro atoms. The molecule has 1 aromatic carbocycles. The molecule has 0 fully saturated rings. The number of hydrogen-bond donors (Lipinski definition) is 1. The third-order valence-electron chi connectivity index (χ3n) is 3.11. The second kappa shape index (κ2) is 5.47. The first-order valence-corrected chi connectivity index (χ1v) is 8.21. The first kappa shape index (κ1) is 15.2. The van der Waals surface area contributed by atoms with E-state index >= 15 is 0 Å². The number of aryl methyl sites for hydroxylation is 2. The number of fused-ring (bicyclic) bond motifs is 1. The van der Waals surface area contributed by atoms with Gasteiger partial charge in [-0.15, -0.1) is 0 Å². The van der Waals surface area contributed by atoms with E-state index in [-0.39, 0.29) is 10.8 Å². The first-order valence-electron chi connectivity index (χ1n) is 6.72. The standard InChI is InChI=1S/C15H13N3O4S/c1-9-7-10(2)17-15(16-9)18-23(20,21)12-4-5-13-11(8-12)3-6-14(19)22-13/h3-8H,1-2H3,(H,16,17,18). The molecule has 2 aromatic heterocycles. The van der Waals surface area contributed by atoms with Crippen molar-refractivity contribution >= 4 is 26.9 Å². The predicted octanol–water partition coefficient (Wildman–Crippen LogP) is 2.00. The number of benzene rings is 1. The minimum Gasteiger partial charge on any atom is -0.423 e. The fourth-order valence-electron chi connectivity index (χ4n) is 2.17. The lowest BCUT2D eigenvalue weighted by Crippen LogP contribution is -2.15. The number of nitrogens with one attached hydrogen (secondary N) is 1. The molecule has 3 rings (SSSR count). The number of nitrogens with zero attached hydrogens (tertiary/aromatic N) is 2. The summed E-state index contributed by atoms with van der Waals surface area (Å²) in [5, 5.41) is 0.508. The predicted molar refractivity (Wildman–Crippen MR) is 84.8 cm³/mol. The van der Waals surface area contributed by atoms with Gasteiger partial charge < -0.3 is 4.42 Å². The second-order valence-electron chi connectivity index (χ2n) is 5.03. The van der Waals surface area contributed by atoms with Crippen molar-refractivity contribution in [2.24, 2.45) is 0 Å². The van der Waals surface area contributed by atoms with Crippen LogP contribution >= 0.6 is 0 Å². The molecular formula is C15H13N3O4S. The summed E-state index contributed by atoms with van der Waals surface area (Å²) in [4.78, 5) is 19.3. The molecule has 0 amide bonds. The SMILES string of the molecule is Cc1cc(C)nc(NS(=O)(=O)c2ccc3oc(=O)ccc3c2)n1. The summed E-state index contributed by atoms with van der Waals surface area (Å²) in [5.74, 6) is 0.0159. The smallest absolute Gasteiger partial charge is 0.336 e. The van der Waals surface area contributed by atoms with Gasteiger partial charge in [-0.1, -0.05) is 0 Å². The molecule has 0 aliphatic rings. The molecule has 8 heteroatoms. The highest BCUT2D eigenvalue weighted by molar-refractivity contribution is 7.92. The van der Waals surface area contributed by atoms with Crippen LogP contribution in [0.3, 0.4) is 0 Å². The van der Waals surface area contributed by atoms with Gasteiger partial charge in [0, 0.05) is 22.8 Å². The van der Waals surface area contributed by atoms with Crippen LogP contribution in [0.25, 0.3) is 11.0 Å². The molecule has 0 aliphatic heterocycles. The summed E-state index contributed by atoms with van der Waals surface area (Å²) >= 11 is 0. The summed E-state index contributed by atoms with van der Waals surface area (Å²) in [5.41, 5.74) is 1.15.